The lowest BCUT2D eigenvalue weighted by Crippen LogP contribution is -2.47. The molecule has 0 saturated carbocycles. The molecule has 0 unspecified atom stereocenters. The van der Waals surface area contributed by atoms with Gasteiger partial charge in [0.2, 0.25) is 15.9 Å². The van der Waals surface area contributed by atoms with Crippen LogP contribution in [0, 0.1) is 12.7 Å². The number of fused-ring (bicyclic) bond motifs is 1. The highest BCUT2D eigenvalue weighted by molar-refractivity contribution is 7.88. The van der Waals surface area contributed by atoms with Gasteiger partial charge in [-0.25, -0.2) is 17.8 Å². The van der Waals surface area contributed by atoms with Crippen molar-refractivity contribution in [3.63, 3.8) is 0 Å². The molecule has 1 saturated heterocycles. The molecule has 0 bridgehead atoms. The average Bonchev–Trinajstić information content (AvgIpc) is 3.26. The van der Waals surface area contributed by atoms with E-state index in [9.17, 15) is 12.8 Å². The maximum absolute atomic E-state index is 14.9. The molecule has 0 aliphatic carbocycles. The Kier molecular flexibility index (Phi) is 7.09. The van der Waals surface area contributed by atoms with E-state index in [0.29, 0.717) is 49.5 Å². The van der Waals surface area contributed by atoms with Crippen LogP contribution in [0.3, 0.4) is 0 Å². The van der Waals surface area contributed by atoms with Gasteiger partial charge in [-0.15, -0.1) is 0 Å². The van der Waals surface area contributed by atoms with E-state index in [-0.39, 0.29) is 11.6 Å². The first kappa shape index (κ1) is 25.1. The van der Waals surface area contributed by atoms with Crippen molar-refractivity contribution in [2.75, 3.05) is 37.8 Å². The first-order chi connectivity index (χ1) is 17.7. The molecule has 9 nitrogen and oxygen atoms in total. The number of aromatic amines is 1. The van der Waals surface area contributed by atoms with Crippen LogP contribution in [0.1, 0.15) is 17.1 Å². The van der Waals surface area contributed by atoms with Crippen LogP contribution in [0.15, 0.2) is 54.7 Å². The third-order valence-corrected chi connectivity index (χ3v) is 7.62. The molecule has 5 rings (SSSR count). The zero-order chi connectivity index (χ0) is 26.0. The van der Waals surface area contributed by atoms with Gasteiger partial charge in [0.15, 0.2) is 17.4 Å². The van der Waals surface area contributed by atoms with E-state index in [1.807, 2.05) is 19.1 Å². The minimum atomic E-state index is -3.14. The Bertz CT molecular complexity index is 1520. The molecule has 37 heavy (non-hydrogen) atoms. The summed E-state index contributed by atoms with van der Waals surface area (Å²) in [6, 6.07) is 14.8. The number of aryl methyl sites for hydroxylation is 1. The van der Waals surface area contributed by atoms with Crippen molar-refractivity contribution in [2.45, 2.75) is 20.0 Å². The number of nitrogens with zero attached hydrogens (tertiary/aromatic N) is 4. The summed E-state index contributed by atoms with van der Waals surface area (Å²) in [5.74, 6) is 0.446. The average molecular weight is 525 g/mol. The molecule has 194 valence electrons. The van der Waals surface area contributed by atoms with Crippen LogP contribution in [-0.4, -0.2) is 65.0 Å². The normalized spacial score (nSPS) is 15.2. The molecule has 1 aliphatic rings. The third kappa shape index (κ3) is 6.07. The Balaban J connectivity index is 1.19. The molecule has 0 amide bonds. The fraction of sp³-hybridized carbons (Fsp3) is 0.308. The van der Waals surface area contributed by atoms with Crippen molar-refractivity contribution in [3.8, 4) is 11.6 Å². The number of hydrogen-bond donors (Lipinski definition) is 2. The summed E-state index contributed by atoms with van der Waals surface area (Å²) in [6.07, 6.45) is 2.84. The summed E-state index contributed by atoms with van der Waals surface area (Å²) in [6.45, 7) is 5.40. The van der Waals surface area contributed by atoms with Crippen LogP contribution >= 0.6 is 0 Å². The van der Waals surface area contributed by atoms with Crippen LogP contribution in [0.2, 0.25) is 0 Å². The molecule has 2 N–H and O–H groups in total. The maximum Gasteiger partial charge on any atom is 0.222 e. The van der Waals surface area contributed by atoms with Gasteiger partial charge >= 0.3 is 0 Å². The predicted molar refractivity (Wildman–Crippen MR) is 141 cm³/mol. The van der Waals surface area contributed by atoms with E-state index in [1.165, 1.54) is 10.6 Å². The zero-order valence-corrected chi connectivity index (χ0v) is 21.6. The monoisotopic (exact) mass is 524 g/mol. The fourth-order valence-electron chi connectivity index (χ4n) is 4.44. The molecule has 3 heterocycles. The van der Waals surface area contributed by atoms with Crippen LogP contribution in [-0.2, 0) is 23.1 Å². The van der Waals surface area contributed by atoms with Crippen molar-refractivity contribution in [1.82, 2.24) is 24.2 Å². The summed E-state index contributed by atoms with van der Waals surface area (Å²) in [7, 11) is -3.14. The number of sulfonamides is 1. The molecule has 11 heteroatoms. The third-order valence-electron chi connectivity index (χ3n) is 6.32. The number of H-pyrrole nitrogens is 1. The van der Waals surface area contributed by atoms with Gasteiger partial charge in [0, 0.05) is 67.3 Å². The number of rotatable bonds is 8. The summed E-state index contributed by atoms with van der Waals surface area (Å²) in [4.78, 5) is 14.1. The van der Waals surface area contributed by atoms with Crippen molar-refractivity contribution in [1.29, 1.82) is 0 Å². The molecular formula is C26H29FN6O3S. The second-order valence-corrected chi connectivity index (χ2v) is 11.2. The molecule has 1 fully saturated rings. The van der Waals surface area contributed by atoms with E-state index >= 15 is 0 Å². The van der Waals surface area contributed by atoms with E-state index in [2.05, 4.69) is 37.3 Å². The van der Waals surface area contributed by atoms with E-state index in [4.69, 9.17) is 4.74 Å². The second-order valence-electron chi connectivity index (χ2n) is 9.20. The molecule has 4 aromatic rings. The zero-order valence-electron chi connectivity index (χ0n) is 20.7. The minimum Gasteiger partial charge on any atom is -0.436 e. The van der Waals surface area contributed by atoms with Gasteiger partial charge in [-0.05, 0) is 42.8 Å². The number of nitrogens with one attached hydrogen (secondary N) is 2. The van der Waals surface area contributed by atoms with Gasteiger partial charge < -0.3 is 15.0 Å². The molecule has 0 spiro atoms. The highest BCUT2D eigenvalue weighted by Crippen LogP contribution is 2.29. The summed E-state index contributed by atoms with van der Waals surface area (Å²) in [5.41, 5.74) is 3.64. The fourth-order valence-corrected chi connectivity index (χ4v) is 5.27. The van der Waals surface area contributed by atoms with Gasteiger partial charge in [-0.2, -0.15) is 9.29 Å². The van der Waals surface area contributed by atoms with Crippen LogP contribution < -0.4 is 10.1 Å². The summed E-state index contributed by atoms with van der Waals surface area (Å²) in [5, 5.41) is 3.81. The molecule has 2 aromatic heterocycles. The smallest absolute Gasteiger partial charge is 0.222 e. The number of halogens is 1. The van der Waals surface area contributed by atoms with Crippen molar-refractivity contribution in [2.24, 2.45) is 0 Å². The van der Waals surface area contributed by atoms with Crippen molar-refractivity contribution < 1.29 is 17.5 Å². The Morgan fingerprint density at radius 1 is 1.11 bits per heavy atom. The quantitative estimate of drug-likeness (QED) is 0.361. The standard InChI is InChI=1S/C26H29FN6O3S/c1-18-14-21-22(30-18)6-7-23(26(21)27)36-25-8-9-28-24(31-25)16-29-20-5-3-4-19(15-20)17-32-10-12-33(13-11-32)37(2,34)35/h3-9,14-15,29-30H,10-13,16-17H2,1-2H3. The minimum absolute atomic E-state index is 0.106. The lowest BCUT2D eigenvalue weighted by Gasteiger charge is -2.33. The van der Waals surface area contributed by atoms with Gasteiger partial charge in [-0.1, -0.05) is 12.1 Å². The van der Waals surface area contributed by atoms with E-state index in [0.717, 1.165) is 23.5 Å². The Morgan fingerprint density at radius 2 is 1.92 bits per heavy atom. The molecular weight excluding hydrogens is 495 g/mol. The molecule has 0 atom stereocenters. The van der Waals surface area contributed by atoms with Gasteiger partial charge in [0.1, 0.15) is 0 Å². The number of benzene rings is 2. The topological polar surface area (TPSA) is 103 Å². The van der Waals surface area contributed by atoms with Gasteiger partial charge in [0.25, 0.3) is 0 Å². The van der Waals surface area contributed by atoms with Gasteiger partial charge in [-0.3, -0.25) is 4.90 Å². The molecule has 1 aliphatic heterocycles. The Morgan fingerprint density at radius 3 is 2.70 bits per heavy atom. The first-order valence-electron chi connectivity index (χ1n) is 12.0. The number of ether oxygens (including phenoxy) is 1. The molecule has 2 aromatic carbocycles. The van der Waals surface area contributed by atoms with Gasteiger partial charge in [0.05, 0.1) is 12.8 Å². The predicted octanol–water partition coefficient (Wildman–Crippen LogP) is 3.89. The highest BCUT2D eigenvalue weighted by Gasteiger charge is 2.23. The van der Waals surface area contributed by atoms with Crippen LogP contribution in [0.5, 0.6) is 11.6 Å². The lowest BCUT2D eigenvalue weighted by atomic mass is 10.1. The maximum atomic E-state index is 14.9. The number of anilines is 1. The number of aromatic nitrogens is 3. The Hall–Kier alpha value is -3.54. The number of hydrogen-bond acceptors (Lipinski definition) is 7. The van der Waals surface area contributed by atoms with Crippen LogP contribution in [0.25, 0.3) is 10.9 Å². The Labute approximate surface area is 215 Å². The van der Waals surface area contributed by atoms with Crippen molar-refractivity contribution in [3.05, 3.63) is 77.6 Å². The van der Waals surface area contributed by atoms with Crippen LogP contribution in [0.4, 0.5) is 10.1 Å². The summed E-state index contributed by atoms with van der Waals surface area (Å²) >= 11 is 0. The molecule has 0 radical (unpaired) electrons. The second kappa shape index (κ2) is 10.4. The first-order valence-corrected chi connectivity index (χ1v) is 13.9. The van der Waals surface area contributed by atoms with E-state index < -0.39 is 15.8 Å². The largest absolute Gasteiger partial charge is 0.436 e. The highest BCUT2D eigenvalue weighted by atomic mass is 32.2. The van der Waals surface area contributed by atoms with Crippen molar-refractivity contribution >= 4 is 26.6 Å². The van der Waals surface area contributed by atoms with E-state index in [1.54, 1.807) is 30.5 Å². The SMILES string of the molecule is Cc1cc2c(F)c(Oc3ccnc(CNc4cccc(CN5CCN(S(C)(=O)=O)CC5)c4)n3)ccc2[nH]1. The summed E-state index contributed by atoms with van der Waals surface area (Å²) < 4.78 is 45.6. The number of piperazine rings is 1. The lowest BCUT2D eigenvalue weighted by molar-refractivity contribution is 0.182.